The number of hydrogen-bond donors (Lipinski definition) is 1. The van der Waals surface area contributed by atoms with Crippen molar-refractivity contribution >= 4 is 11.9 Å². The summed E-state index contributed by atoms with van der Waals surface area (Å²) in [6.45, 7) is 3.37. The summed E-state index contributed by atoms with van der Waals surface area (Å²) in [7, 11) is 2.36. The van der Waals surface area contributed by atoms with Gasteiger partial charge >= 0.3 is 11.9 Å². The molecule has 1 N–H and O–H groups in total. The van der Waals surface area contributed by atoms with Gasteiger partial charge in [-0.2, -0.15) is 0 Å². The number of aromatic hydroxyl groups is 1. The van der Waals surface area contributed by atoms with Crippen molar-refractivity contribution in [2.75, 3.05) is 14.2 Å². The van der Waals surface area contributed by atoms with E-state index in [0.717, 1.165) is 12.1 Å². The SMILES string of the molecule is COC(=O)C1=C(C)CC(C)=C(C(=O)OC)C1c1cc(F)c(O)c(F)c1. The van der Waals surface area contributed by atoms with E-state index in [0.29, 0.717) is 17.6 Å². The second-order valence-corrected chi connectivity index (χ2v) is 5.81. The standard InChI is InChI=1S/C18H18F2O5/c1-8-5-9(2)14(18(23)25-4)15(13(8)17(22)24-3)10-6-11(19)16(21)12(20)7-10/h6-7,15,21H,5H2,1-4H3. The average Bonchev–Trinajstić information content (AvgIpc) is 2.57. The molecular weight excluding hydrogens is 334 g/mol. The molecule has 1 aliphatic carbocycles. The summed E-state index contributed by atoms with van der Waals surface area (Å²) in [5, 5.41) is 9.32. The second-order valence-electron chi connectivity index (χ2n) is 5.81. The van der Waals surface area contributed by atoms with E-state index < -0.39 is 35.2 Å². The predicted octanol–water partition coefficient (Wildman–Crippen LogP) is 3.14. The zero-order chi connectivity index (χ0) is 18.9. The highest BCUT2D eigenvalue weighted by Gasteiger charge is 2.37. The van der Waals surface area contributed by atoms with Crippen LogP contribution in [-0.2, 0) is 19.1 Å². The predicted molar refractivity (Wildman–Crippen MR) is 84.8 cm³/mol. The van der Waals surface area contributed by atoms with E-state index in [9.17, 15) is 23.5 Å². The van der Waals surface area contributed by atoms with Crippen molar-refractivity contribution in [3.05, 3.63) is 51.6 Å². The van der Waals surface area contributed by atoms with E-state index in [1.54, 1.807) is 13.8 Å². The largest absolute Gasteiger partial charge is 0.503 e. The minimum atomic E-state index is -1.19. The number of allylic oxidation sites excluding steroid dienone is 2. The highest BCUT2D eigenvalue weighted by atomic mass is 19.1. The zero-order valence-electron chi connectivity index (χ0n) is 14.3. The molecule has 1 aliphatic rings. The van der Waals surface area contributed by atoms with Gasteiger partial charge in [-0.15, -0.1) is 0 Å². The third-order valence-electron chi connectivity index (χ3n) is 4.21. The Morgan fingerprint density at radius 2 is 1.40 bits per heavy atom. The molecule has 0 radical (unpaired) electrons. The van der Waals surface area contributed by atoms with Crippen LogP contribution in [0.3, 0.4) is 0 Å². The van der Waals surface area contributed by atoms with Crippen molar-refractivity contribution in [3.8, 4) is 5.75 Å². The maximum absolute atomic E-state index is 13.9. The van der Waals surface area contributed by atoms with E-state index in [1.807, 2.05) is 0 Å². The minimum Gasteiger partial charge on any atom is -0.503 e. The number of halogens is 2. The maximum Gasteiger partial charge on any atom is 0.334 e. The first-order valence-electron chi connectivity index (χ1n) is 7.46. The van der Waals surface area contributed by atoms with Crippen LogP contribution in [0.15, 0.2) is 34.4 Å². The van der Waals surface area contributed by atoms with Crippen LogP contribution in [0, 0.1) is 11.6 Å². The number of rotatable bonds is 3. The summed E-state index contributed by atoms with van der Waals surface area (Å²) in [5.74, 6) is -5.97. The van der Waals surface area contributed by atoms with Gasteiger partial charge in [0.25, 0.3) is 0 Å². The third kappa shape index (κ3) is 3.26. The molecule has 0 unspecified atom stereocenters. The van der Waals surface area contributed by atoms with Crippen molar-refractivity contribution in [3.63, 3.8) is 0 Å². The Bertz CT molecular complexity index is 747. The lowest BCUT2D eigenvalue weighted by Crippen LogP contribution is -2.26. The lowest BCUT2D eigenvalue weighted by Gasteiger charge is -2.29. The molecule has 0 saturated carbocycles. The van der Waals surface area contributed by atoms with Crippen LogP contribution in [0.1, 0.15) is 31.7 Å². The highest BCUT2D eigenvalue weighted by Crippen LogP contribution is 2.43. The number of phenolic OH excluding ortho intramolecular Hbond substituents is 1. The quantitative estimate of drug-likeness (QED) is 0.846. The second kappa shape index (κ2) is 7.04. The molecule has 0 bridgehead atoms. The van der Waals surface area contributed by atoms with Gasteiger partial charge in [0, 0.05) is 17.1 Å². The number of benzene rings is 1. The molecule has 0 spiro atoms. The molecule has 7 heteroatoms. The van der Waals surface area contributed by atoms with Gasteiger partial charge in [0.05, 0.1) is 14.2 Å². The zero-order valence-corrected chi connectivity index (χ0v) is 14.3. The Morgan fingerprint density at radius 1 is 1.00 bits per heavy atom. The molecule has 2 rings (SSSR count). The Kier molecular flexibility index (Phi) is 5.25. The Balaban J connectivity index is 2.77. The van der Waals surface area contributed by atoms with Crippen LogP contribution in [0.5, 0.6) is 5.75 Å². The number of esters is 2. The van der Waals surface area contributed by atoms with Gasteiger partial charge in [-0.3, -0.25) is 0 Å². The van der Waals surface area contributed by atoms with E-state index in [1.165, 1.54) is 14.2 Å². The van der Waals surface area contributed by atoms with Gasteiger partial charge in [0.2, 0.25) is 0 Å². The number of carbonyl (C=O) groups excluding carboxylic acids is 2. The van der Waals surface area contributed by atoms with Gasteiger partial charge in [-0.1, -0.05) is 11.1 Å². The molecule has 0 atom stereocenters. The summed E-state index contributed by atoms with van der Waals surface area (Å²) in [5.41, 5.74) is 1.50. The van der Waals surface area contributed by atoms with Gasteiger partial charge in [0.15, 0.2) is 17.4 Å². The van der Waals surface area contributed by atoms with Crippen molar-refractivity contribution in [2.45, 2.75) is 26.2 Å². The normalized spacial score (nSPS) is 15.4. The fraction of sp³-hybridized carbons (Fsp3) is 0.333. The van der Waals surface area contributed by atoms with Crippen molar-refractivity contribution in [1.82, 2.24) is 0 Å². The molecular formula is C18H18F2O5. The molecule has 5 nitrogen and oxygen atoms in total. The smallest absolute Gasteiger partial charge is 0.334 e. The maximum atomic E-state index is 13.9. The Morgan fingerprint density at radius 3 is 1.76 bits per heavy atom. The fourth-order valence-corrected chi connectivity index (χ4v) is 3.11. The number of ether oxygens (including phenoxy) is 2. The Hall–Kier alpha value is -2.70. The van der Waals surface area contributed by atoms with Crippen molar-refractivity contribution < 1.29 is 33.0 Å². The van der Waals surface area contributed by atoms with Gasteiger partial charge in [0.1, 0.15) is 0 Å². The van der Waals surface area contributed by atoms with Crippen LogP contribution < -0.4 is 0 Å². The number of hydrogen-bond acceptors (Lipinski definition) is 5. The van der Waals surface area contributed by atoms with E-state index >= 15 is 0 Å². The fourth-order valence-electron chi connectivity index (χ4n) is 3.11. The average molecular weight is 352 g/mol. The number of phenols is 1. The number of methoxy groups -OCH3 is 2. The molecule has 0 heterocycles. The first kappa shape index (κ1) is 18.6. The van der Waals surface area contributed by atoms with Crippen LogP contribution in [0.2, 0.25) is 0 Å². The first-order valence-corrected chi connectivity index (χ1v) is 7.46. The van der Waals surface area contributed by atoms with Crippen LogP contribution >= 0.6 is 0 Å². The summed E-state index contributed by atoms with van der Waals surface area (Å²) >= 11 is 0. The van der Waals surface area contributed by atoms with Gasteiger partial charge in [-0.25, -0.2) is 18.4 Å². The molecule has 0 aliphatic heterocycles. The highest BCUT2D eigenvalue weighted by molar-refractivity contribution is 6.00. The topological polar surface area (TPSA) is 72.8 Å². The first-order chi connectivity index (χ1) is 11.7. The van der Waals surface area contributed by atoms with E-state index in [2.05, 4.69) is 0 Å². The van der Waals surface area contributed by atoms with Crippen molar-refractivity contribution in [2.24, 2.45) is 0 Å². The Labute approximate surface area is 143 Å². The van der Waals surface area contributed by atoms with Gasteiger partial charge < -0.3 is 14.6 Å². The third-order valence-corrected chi connectivity index (χ3v) is 4.21. The lowest BCUT2D eigenvalue weighted by molar-refractivity contribution is -0.137. The minimum absolute atomic E-state index is 0.00648. The molecule has 0 saturated heterocycles. The van der Waals surface area contributed by atoms with E-state index in [-0.39, 0.29) is 16.7 Å². The molecule has 134 valence electrons. The number of carbonyl (C=O) groups is 2. The summed E-state index contributed by atoms with van der Waals surface area (Å²) in [6, 6.07) is 1.78. The van der Waals surface area contributed by atoms with Crippen LogP contribution in [0.25, 0.3) is 0 Å². The van der Waals surface area contributed by atoms with Crippen LogP contribution in [0.4, 0.5) is 8.78 Å². The summed E-state index contributed by atoms with van der Waals surface area (Å²) in [4.78, 5) is 24.5. The molecule has 0 aromatic heterocycles. The summed E-state index contributed by atoms with van der Waals surface area (Å²) < 4.78 is 37.3. The molecule has 1 aromatic rings. The molecule has 25 heavy (non-hydrogen) atoms. The van der Waals surface area contributed by atoms with Gasteiger partial charge in [-0.05, 0) is 38.0 Å². The lowest BCUT2D eigenvalue weighted by atomic mass is 9.75. The summed E-state index contributed by atoms with van der Waals surface area (Å²) in [6.07, 6.45) is 0.328. The van der Waals surface area contributed by atoms with E-state index in [4.69, 9.17) is 9.47 Å². The molecule has 0 amide bonds. The molecule has 0 fully saturated rings. The van der Waals surface area contributed by atoms with Crippen LogP contribution in [-0.4, -0.2) is 31.3 Å². The molecule has 1 aromatic carbocycles. The monoisotopic (exact) mass is 352 g/mol. The van der Waals surface area contributed by atoms with Crippen molar-refractivity contribution in [1.29, 1.82) is 0 Å².